The van der Waals surface area contributed by atoms with Crippen molar-refractivity contribution in [2.24, 2.45) is 0 Å². The largest absolute Gasteiger partial charge is 0.382 e. The van der Waals surface area contributed by atoms with Crippen LogP contribution in [0.2, 0.25) is 0 Å². The number of anilines is 1. The van der Waals surface area contributed by atoms with Crippen LogP contribution in [0.3, 0.4) is 0 Å². The van der Waals surface area contributed by atoms with Crippen molar-refractivity contribution in [3.8, 4) is 6.07 Å². The summed E-state index contributed by atoms with van der Waals surface area (Å²) in [5.41, 5.74) is 1.79. The Hall–Kier alpha value is -1.53. The average molecular weight is 229 g/mol. The SMILES string of the molecule is CN1CCCC(Nc2cccc(C#N)c2)CC1. The number of nitrogens with zero attached hydrogens (tertiary/aromatic N) is 2. The highest BCUT2D eigenvalue weighted by atomic mass is 15.1. The summed E-state index contributed by atoms with van der Waals surface area (Å²) in [7, 11) is 2.18. The van der Waals surface area contributed by atoms with Gasteiger partial charge in [-0.25, -0.2) is 0 Å². The molecule has 1 heterocycles. The Morgan fingerprint density at radius 2 is 2.24 bits per heavy atom. The van der Waals surface area contributed by atoms with Gasteiger partial charge in [0.15, 0.2) is 0 Å². The van der Waals surface area contributed by atoms with Gasteiger partial charge < -0.3 is 10.2 Å². The molecule has 3 nitrogen and oxygen atoms in total. The van der Waals surface area contributed by atoms with Crippen LogP contribution in [-0.4, -0.2) is 31.1 Å². The molecule has 0 aromatic heterocycles. The predicted octanol–water partition coefficient (Wildman–Crippen LogP) is 2.45. The molecule has 2 rings (SSSR count). The molecule has 1 N–H and O–H groups in total. The lowest BCUT2D eigenvalue weighted by molar-refractivity contribution is 0.348. The summed E-state index contributed by atoms with van der Waals surface area (Å²) in [6.07, 6.45) is 3.63. The molecule has 0 aliphatic carbocycles. The standard InChI is InChI=1S/C14H19N3/c1-17-8-3-6-13(7-9-17)16-14-5-2-4-12(10-14)11-15/h2,4-5,10,13,16H,3,6-9H2,1H3. The van der Waals surface area contributed by atoms with E-state index in [1.165, 1.54) is 25.8 Å². The minimum atomic E-state index is 0.536. The molecule has 0 radical (unpaired) electrons. The predicted molar refractivity (Wildman–Crippen MR) is 69.9 cm³/mol. The van der Waals surface area contributed by atoms with Gasteiger partial charge in [0.25, 0.3) is 0 Å². The molecular weight excluding hydrogens is 210 g/mol. The van der Waals surface area contributed by atoms with E-state index in [9.17, 15) is 0 Å². The Morgan fingerprint density at radius 3 is 3.06 bits per heavy atom. The Balaban J connectivity index is 1.97. The molecular formula is C14H19N3. The number of hydrogen-bond acceptors (Lipinski definition) is 3. The Morgan fingerprint density at radius 1 is 1.35 bits per heavy atom. The maximum Gasteiger partial charge on any atom is 0.0992 e. The van der Waals surface area contributed by atoms with E-state index in [-0.39, 0.29) is 0 Å². The highest BCUT2D eigenvalue weighted by molar-refractivity contribution is 5.49. The van der Waals surface area contributed by atoms with Crippen molar-refractivity contribution in [1.29, 1.82) is 5.26 Å². The third-order valence-electron chi connectivity index (χ3n) is 3.31. The van der Waals surface area contributed by atoms with E-state index in [0.29, 0.717) is 6.04 Å². The molecule has 1 aliphatic rings. The van der Waals surface area contributed by atoms with Crippen molar-refractivity contribution in [2.45, 2.75) is 25.3 Å². The van der Waals surface area contributed by atoms with Gasteiger partial charge in [-0.2, -0.15) is 5.26 Å². The number of hydrogen-bond donors (Lipinski definition) is 1. The van der Waals surface area contributed by atoms with Crippen LogP contribution in [0.15, 0.2) is 24.3 Å². The molecule has 3 heteroatoms. The maximum absolute atomic E-state index is 8.86. The minimum absolute atomic E-state index is 0.536. The lowest BCUT2D eigenvalue weighted by Gasteiger charge is -2.18. The van der Waals surface area contributed by atoms with Gasteiger partial charge in [0.2, 0.25) is 0 Å². The minimum Gasteiger partial charge on any atom is -0.382 e. The van der Waals surface area contributed by atoms with Crippen LogP contribution in [-0.2, 0) is 0 Å². The fourth-order valence-electron chi connectivity index (χ4n) is 2.30. The zero-order chi connectivity index (χ0) is 12.1. The molecule has 1 aliphatic heterocycles. The zero-order valence-corrected chi connectivity index (χ0v) is 10.3. The van der Waals surface area contributed by atoms with E-state index in [1.54, 1.807) is 0 Å². The molecule has 0 amide bonds. The second-order valence-corrected chi connectivity index (χ2v) is 4.77. The topological polar surface area (TPSA) is 39.1 Å². The first kappa shape index (κ1) is 11.9. The fourth-order valence-corrected chi connectivity index (χ4v) is 2.30. The third-order valence-corrected chi connectivity index (χ3v) is 3.31. The molecule has 17 heavy (non-hydrogen) atoms. The van der Waals surface area contributed by atoms with E-state index in [4.69, 9.17) is 5.26 Å². The quantitative estimate of drug-likeness (QED) is 0.846. The number of nitrogens with one attached hydrogen (secondary N) is 1. The molecule has 1 fully saturated rings. The van der Waals surface area contributed by atoms with Crippen LogP contribution in [0, 0.1) is 11.3 Å². The van der Waals surface area contributed by atoms with Crippen molar-refractivity contribution in [2.75, 3.05) is 25.5 Å². The maximum atomic E-state index is 8.86. The molecule has 90 valence electrons. The summed E-state index contributed by atoms with van der Waals surface area (Å²) in [4.78, 5) is 2.38. The van der Waals surface area contributed by atoms with Crippen LogP contribution in [0.1, 0.15) is 24.8 Å². The zero-order valence-electron chi connectivity index (χ0n) is 10.3. The highest BCUT2D eigenvalue weighted by Gasteiger charge is 2.14. The van der Waals surface area contributed by atoms with Gasteiger partial charge in [-0.3, -0.25) is 0 Å². The van der Waals surface area contributed by atoms with Crippen LogP contribution >= 0.6 is 0 Å². The molecule has 1 unspecified atom stereocenters. The molecule has 1 aromatic rings. The molecule has 0 bridgehead atoms. The summed E-state index contributed by atoms with van der Waals surface area (Å²) < 4.78 is 0. The van der Waals surface area contributed by atoms with Gasteiger partial charge in [-0.1, -0.05) is 6.07 Å². The number of likely N-dealkylation sites (tertiary alicyclic amines) is 1. The lowest BCUT2D eigenvalue weighted by Crippen LogP contribution is -2.22. The normalized spacial score (nSPS) is 21.5. The van der Waals surface area contributed by atoms with Crippen molar-refractivity contribution >= 4 is 5.69 Å². The van der Waals surface area contributed by atoms with E-state index in [1.807, 2.05) is 24.3 Å². The average Bonchev–Trinajstić information content (AvgIpc) is 2.55. The van der Waals surface area contributed by atoms with E-state index < -0.39 is 0 Å². The number of benzene rings is 1. The summed E-state index contributed by atoms with van der Waals surface area (Å²) in [5, 5.41) is 12.4. The van der Waals surface area contributed by atoms with Crippen LogP contribution < -0.4 is 5.32 Å². The van der Waals surface area contributed by atoms with Gasteiger partial charge in [-0.15, -0.1) is 0 Å². The molecule has 0 saturated carbocycles. The molecule has 1 saturated heterocycles. The summed E-state index contributed by atoms with van der Waals surface area (Å²) in [6.45, 7) is 2.34. The van der Waals surface area contributed by atoms with E-state index in [2.05, 4.69) is 23.3 Å². The van der Waals surface area contributed by atoms with Gasteiger partial charge in [0, 0.05) is 11.7 Å². The van der Waals surface area contributed by atoms with Crippen LogP contribution in [0.25, 0.3) is 0 Å². The van der Waals surface area contributed by atoms with Crippen molar-refractivity contribution in [3.05, 3.63) is 29.8 Å². The first-order valence-corrected chi connectivity index (χ1v) is 6.23. The number of nitriles is 1. The summed E-state index contributed by atoms with van der Waals surface area (Å²) in [6, 6.07) is 10.4. The molecule has 1 atom stereocenters. The second-order valence-electron chi connectivity index (χ2n) is 4.77. The highest BCUT2D eigenvalue weighted by Crippen LogP contribution is 2.17. The van der Waals surface area contributed by atoms with Crippen molar-refractivity contribution in [1.82, 2.24) is 4.90 Å². The molecule has 1 aromatic carbocycles. The van der Waals surface area contributed by atoms with E-state index >= 15 is 0 Å². The number of rotatable bonds is 2. The summed E-state index contributed by atoms with van der Waals surface area (Å²) in [5.74, 6) is 0. The van der Waals surface area contributed by atoms with Gasteiger partial charge in [-0.05, 0) is 57.6 Å². The Bertz CT molecular complexity index is 408. The van der Waals surface area contributed by atoms with Gasteiger partial charge in [0.1, 0.15) is 0 Å². The third kappa shape index (κ3) is 3.47. The van der Waals surface area contributed by atoms with Gasteiger partial charge >= 0.3 is 0 Å². The Kier molecular flexibility index (Phi) is 4.00. The van der Waals surface area contributed by atoms with Crippen LogP contribution in [0.4, 0.5) is 5.69 Å². The van der Waals surface area contributed by atoms with E-state index in [0.717, 1.165) is 17.8 Å². The molecule has 0 spiro atoms. The first-order chi connectivity index (χ1) is 8.28. The monoisotopic (exact) mass is 229 g/mol. The fraction of sp³-hybridized carbons (Fsp3) is 0.500. The Labute approximate surface area is 103 Å². The second kappa shape index (κ2) is 5.70. The summed E-state index contributed by atoms with van der Waals surface area (Å²) >= 11 is 0. The van der Waals surface area contributed by atoms with Crippen molar-refractivity contribution < 1.29 is 0 Å². The van der Waals surface area contributed by atoms with Crippen molar-refractivity contribution in [3.63, 3.8) is 0 Å². The van der Waals surface area contributed by atoms with Gasteiger partial charge in [0.05, 0.1) is 11.6 Å². The first-order valence-electron chi connectivity index (χ1n) is 6.23. The lowest BCUT2D eigenvalue weighted by atomic mass is 10.1. The van der Waals surface area contributed by atoms with Crippen LogP contribution in [0.5, 0.6) is 0 Å². The smallest absolute Gasteiger partial charge is 0.0992 e.